The number of fused-ring (bicyclic) bond motifs is 1. The second kappa shape index (κ2) is 12.4. The Morgan fingerprint density at radius 1 is 0.545 bits per heavy atom. The number of nitrogens with zero attached hydrogens (tertiary/aromatic N) is 4. The Bertz CT molecular complexity index is 2960. The lowest BCUT2D eigenvalue weighted by Gasteiger charge is -2.27. The van der Waals surface area contributed by atoms with Crippen LogP contribution in [0.25, 0.3) is 61.0 Å². The molecule has 4 heterocycles. The molecule has 0 N–H and O–H groups in total. The van der Waals surface area contributed by atoms with Crippen LogP contribution >= 0.6 is 0 Å². The summed E-state index contributed by atoms with van der Waals surface area (Å²) in [5, 5.41) is 2.18. The highest BCUT2D eigenvalue weighted by atomic mass is 16.5. The van der Waals surface area contributed by atoms with E-state index in [9.17, 15) is 0 Å². The third-order valence-corrected chi connectivity index (χ3v) is 10.7. The lowest BCUT2D eigenvalue weighted by Crippen LogP contribution is -2.24. The first-order valence-electron chi connectivity index (χ1n) is 18.6. The maximum atomic E-state index is 6.72. The predicted octanol–water partition coefficient (Wildman–Crippen LogP) is 13.0. The minimum atomic E-state index is 0.627. The Hall–Kier alpha value is -7.31. The molecule has 0 bridgehead atoms. The fourth-order valence-corrected chi connectivity index (χ4v) is 8.34. The van der Waals surface area contributed by atoms with Crippen LogP contribution in [0.3, 0.4) is 0 Å². The average Bonchev–Trinajstić information content (AvgIpc) is 3.92. The van der Waals surface area contributed by atoms with Crippen LogP contribution in [0.15, 0.2) is 180 Å². The Labute approximate surface area is 318 Å². The molecular weight excluding hydrogens is 677 g/mol. The minimum absolute atomic E-state index is 0.627. The Morgan fingerprint density at radius 2 is 1.22 bits per heavy atom. The standard InChI is InChI=1S/C49H34N4O2/c1-32-25-26-50-46(27-32)53-42-23-12-24-44-47(42)48-43(53)29-37(30-45(48)55-44)54-36-18-10-17-35(28-36)51-31-52(41-22-9-8-21-40(41)51)49-38(33-13-4-2-5-14-33)19-11-20-39(49)34-15-6-3-7-16-34/h2-30H,31H2,1H3. The molecule has 11 rings (SSSR count). The van der Waals surface area contributed by atoms with E-state index >= 15 is 0 Å². The van der Waals surface area contributed by atoms with E-state index in [4.69, 9.17) is 14.1 Å². The van der Waals surface area contributed by atoms with Gasteiger partial charge in [-0.3, -0.25) is 4.57 Å². The van der Waals surface area contributed by atoms with E-state index in [1.54, 1.807) is 0 Å². The van der Waals surface area contributed by atoms with Crippen LogP contribution in [-0.4, -0.2) is 16.2 Å². The van der Waals surface area contributed by atoms with Crippen molar-refractivity contribution in [2.24, 2.45) is 0 Å². The normalized spacial score (nSPS) is 12.7. The number of benzene rings is 7. The number of hydrogen-bond acceptors (Lipinski definition) is 5. The van der Waals surface area contributed by atoms with Crippen LogP contribution in [0.4, 0.5) is 22.7 Å². The van der Waals surface area contributed by atoms with Crippen molar-refractivity contribution in [2.75, 3.05) is 16.5 Å². The number of para-hydroxylation sites is 3. The van der Waals surface area contributed by atoms with Crippen LogP contribution < -0.4 is 14.5 Å². The third kappa shape index (κ3) is 5.06. The van der Waals surface area contributed by atoms with Gasteiger partial charge in [0, 0.05) is 41.2 Å². The summed E-state index contributed by atoms with van der Waals surface area (Å²) in [6, 6.07) is 59.4. The molecule has 6 nitrogen and oxygen atoms in total. The fraction of sp³-hybridized carbons (Fsp3) is 0.0408. The largest absolute Gasteiger partial charge is 0.457 e. The molecule has 0 aliphatic carbocycles. The molecule has 10 aromatic rings. The van der Waals surface area contributed by atoms with Gasteiger partial charge in [0.25, 0.3) is 0 Å². The van der Waals surface area contributed by atoms with E-state index in [2.05, 4.69) is 161 Å². The molecule has 0 atom stereocenters. The van der Waals surface area contributed by atoms with Gasteiger partial charge in [-0.1, -0.05) is 103 Å². The number of rotatable bonds is 7. The Kier molecular flexibility index (Phi) is 7.04. The van der Waals surface area contributed by atoms with Gasteiger partial charge in [-0.2, -0.15) is 0 Å². The molecule has 1 aliphatic heterocycles. The van der Waals surface area contributed by atoms with E-state index in [0.717, 1.165) is 67.2 Å². The summed E-state index contributed by atoms with van der Waals surface area (Å²) in [6.45, 7) is 2.72. The topological polar surface area (TPSA) is 46.7 Å². The van der Waals surface area contributed by atoms with E-state index < -0.39 is 0 Å². The number of furan rings is 1. The molecule has 0 saturated heterocycles. The monoisotopic (exact) mass is 710 g/mol. The van der Waals surface area contributed by atoms with Crippen molar-refractivity contribution in [2.45, 2.75) is 6.92 Å². The molecule has 0 fully saturated rings. The van der Waals surface area contributed by atoms with Crippen molar-refractivity contribution in [1.29, 1.82) is 0 Å². The van der Waals surface area contributed by atoms with Crippen LogP contribution in [0.2, 0.25) is 0 Å². The smallest absolute Gasteiger partial charge is 0.141 e. The summed E-state index contributed by atoms with van der Waals surface area (Å²) in [5.74, 6) is 2.30. The summed E-state index contributed by atoms with van der Waals surface area (Å²) in [6.07, 6.45) is 1.86. The van der Waals surface area contributed by atoms with Gasteiger partial charge >= 0.3 is 0 Å². The van der Waals surface area contributed by atoms with E-state index in [1.165, 1.54) is 27.9 Å². The second-order valence-corrected chi connectivity index (χ2v) is 14.1. The van der Waals surface area contributed by atoms with Gasteiger partial charge < -0.3 is 19.0 Å². The van der Waals surface area contributed by atoms with Crippen LogP contribution in [-0.2, 0) is 0 Å². The first-order chi connectivity index (χ1) is 27.2. The molecule has 55 heavy (non-hydrogen) atoms. The summed E-state index contributed by atoms with van der Waals surface area (Å²) in [7, 11) is 0. The number of pyridine rings is 1. The highest BCUT2D eigenvalue weighted by molar-refractivity contribution is 6.23. The fourth-order valence-electron chi connectivity index (χ4n) is 8.34. The average molecular weight is 711 g/mol. The van der Waals surface area contributed by atoms with Gasteiger partial charge in [-0.05, 0) is 72.1 Å². The highest BCUT2D eigenvalue weighted by Gasteiger charge is 2.31. The van der Waals surface area contributed by atoms with Crippen molar-refractivity contribution in [3.8, 4) is 39.6 Å². The molecule has 0 amide bonds. The quantitative estimate of drug-likeness (QED) is 0.165. The summed E-state index contributed by atoms with van der Waals surface area (Å²) in [5.41, 5.74) is 14.1. The zero-order valence-corrected chi connectivity index (χ0v) is 30.1. The van der Waals surface area contributed by atoms with Crippen molar-refractivity contribution in [1.82, 2.24) is 9.55 Å². The first kappa shape index (κ1) is 31.2. The molecule has 0 radical (unpaired) electrons. The molecule has 0 spiro atoms. The van der Waals surface area contributed by atoms with E-state index in [1.807, 2.05) is 36.5 Å². The molecule has 1 aliphatic rings. The number of anilines is 4. The molecule has 7 aromatic carbocycles. The van der Waals surface area contributed by atoms with E-state index in [-0.39, 0.29) is 0 Å². The van der Waals surface area contributed by atoms with Crippen LogP contribution in [0.1, 0.15) is 5.56 Å². The van der Waals surface area contributed by atoms with Crippen LogP contribution in [0, 0.1) is 6.92 Å². The molecule has 0 unspecified atom stereocenters. The minimum Gasteiger partial charge on any atom is -0.457 e. The zero-order chi connectivity index (χ0) is 36.5. The number of hydrogen-bond donors (Lipinski definition) is 0. The molecule has 3 aromatic heterocycles. The highest BCUT2D eigenvalue weighted by Crippen LogP contribution is 2.50. The first-order valence-corrected chi connectivity index (χ1v) is 18.6. The van der Waals surface area contributed by atoms with Crippen molar-refractivity contribution in [3.05, 3.63) is 182 Å². The summed E-state index contributed by atoms with van der Waals surface area (Å²) in [4.78, 5) is 9.58. The summed E-state index contributed by atoms with van der Waals surface area (Å²) >= 11 is 0. The Morgan fingerprint density at radius 3 is 1.96 bits per heavy atom. The molecular formula is C49H34N4O2. The molecule has 262 valence electrons. The van der Waals surface area contributed by atoms with Crippen LogP contribution in [0.5, 0.6) is 11.5 Å². The Balaban J connectivity index is 0.998. The van der Waals surface area contributed by atoms with Crippen molar-refractivity contribution < 1.29 is 9.15 Å². The zero-order valence-electron chi connectivity index (χ0n) is 30.1. The van der Waals surface area contributed by atoms with E-state index in [0.29, 0.717) is 12.4 Å². The molecule has 0 saturated carbocycles. The maximum Gasteiger partial charge on any atom is 0.141 e. The van der Waals surface area contributed by atoms with Gasteiger partial charge in [-0.25, -0.2) is 4.98 Å². The van der Waals surface area contributed by atoms with Gasteiger partial charge in [0.15, 0.2) is 0 Å². The van der Waals surface area contributed by atoms with Crippen molar-refractivity contribution in [3.63, 3.8) is 0 Å². The van der Waals surface area contributed by atoms with Gasteiger partial charge in [0.1, 0.15) is 35.2 Å². The number of ether oxygens (including phenoxy) is 1. The summed E-state index contributed by atoms with van der Waals surface area (Å²) < 4.78 is 15.3. The van der Waals surface area contributed by atoms with Gasteiger partial charge in [0.05, 0.1) is 38.9 Å². The van der Waals surface area contributed by atoms with Crippen molar-refractivity contribution >= 4 is 55.7 Å². The third-order valence-electron chi connectivity index (χ3n) is 10.7. The SMILES string of the molecule is Cc1ccnc(-n2c3cccc4oc5cc(Oc6cccc(N7CN(c8c(-c9ccccc9)cccc8-c8ccccc8)c8ccccc87)c6)cc2c5c43)c1. The molecule has 6 heteroatoms. The second-order valence-electron chi connectivity index (χ2n) is 14.1. The number of aryl methyl sites for hydroxylation is 1. The van der Waals surface area contributed by atoms with Gasteiger partial charge in [-0.15, -0.1) is 0 Å². The lowest BCUT2D eigenvalue weighted by atomic mass is 9.95. The lowest BCUT2D eigenvalue weighted by molar-refractivity contribution is 0.482. The maximum absolute atomic E-state index is 6.72. The number of aromatic nitrogens is 2. The predicted molar refractivity (Wildman–Crippen MR) is 224 cm³/mol. The van der Waals surface area contributed by atoms with Gasteiger partial charge in [0.2, 0.25) is 0 Å².